The quantitative estimate of drug-likeness (QED) is 0.824. The number of carbonyl (C=O) groups is 1. The summed E-state index contributed by atoms with van der Waals surface area (Å²) in [4.78, 5) is 13.7. The van der Waals surface area contributed by atoms with E-state index in [1.807, 2.05) is 7.05 Å². The Labute approximate surface area is 110 Å². The van der Waals surface area contributed by atoms with Gasteiger partial charge in [-0.2, -0.15) is 0 Å². The van der Waals surface area contributed by atoms with Gasteiger partial charge in [-0.1, -0.05) is 17.8 Å². The fourth-order valence-electron chi connectivity index (χ4n) is 1.79. The Hall–Kier alpha value is -1.50. The maximum Gasteiger partial charge on any atom is 0.236 e. The van der Waals surface area contributed by atoms with Crippen molar-refractivity contribution in [1.82, 2.24) is 19.7 Å². The van der Waals surface area contributed by atoms with E-state index in [-0.39, 0.29) is 5.91 Å². The molecule has 1 aromatic heterocycles. The van der Waals surface area contributed by atoms with E-state index >= 15 is 0 Å². The van der Waals surface area contributed by atoms with E-state index in [2.05, 4.69) is 16.3 Å². The number of nitrogen functional groups attached to an aromatic ring is 1. The molecule has 0 saturated carbocycles. The molecule has 18 heavy (non-hydrogen) atoms. The highest BCUT2D eigenvalue weighted by molar-refractivity contribution is 7.99. The van der Waals surface area contributed by atoms with Crippen LogP contribution in [0.2, 0.25) is 0 Å². The molecule has 0 bridgehead atoms. The summed E-state index contributed by atoms with van der Waals surface area (Å²) in [5.74, 6) is 0.784. The highest BCUT2D eigenvalue weighted by atomic mass is 32.2. The van der Waals surface area contributed by atoms with Crippen LogP contribution in [0, 0.1) is 0 Å². The van der Waals surface area contributed by atoms with Crippen molar-refractivity contribution < 1.29 is 4.79 Å². The second kappa shape index (κ2) is 5.43. The molecular formula is C11H17N5OS. The largest absolute Gasteiger partial charge is 0.368 e. The summed E-state index contributed by atoms with van der Waals surface area (Å²) < 4.78 is 1.67. The summed E-state index contributed by atoms with van der Waals surface area (Å²) in [5, 5.41) is 8.32. The topological polar surface area (TPSA) is 77.0 Å². The Bertz CT molecular complexity index is 482. The Morgan fingerprint density at radius 3 is 2.94 bits per heavy atom. The van der Waals surface area contributed by atoms with Gasteiger partial charge in [0.2, 0.25) is 11.9 Å². The zero-order valence-electron chi connectivity index (χ0n) is 10.6. The molecule has 2 N–H and O–H groups in total. The summed E-state index contributed by atoms with van der Waals surface area (Å²) in [6, 6.07) is 0. The molecule has 0 radical (unpaired) electrons. The lowest BCUT2D eigenvalue weighted by molar-refractivity contribution is -0.125. The van der Waals surface area contributed by atoms with E-state index in [0.29, 0.717) is 16.9 Å². The zero-order valence-corrected chi connectivity index (χ0v) is 11.4. The van der Waals surface area contributed by atoms with Crippen LogP contribution in [0.5, 0.6) is 0 Å². The average molecular weight is 267 g/mol. The number of aromatic nitrogens is 3. The molecule has 0 spiro atoms. The highest BCUT2D eigenvalue weighted by Crippen LogP contribution is 2.22. The lowest BCUT2D eigenvalue weighted by Crippen LogP contribution is -2.27. The summed E-state index contributed by atoms with van der Waals surface area (Å²) in [6.07, 6.45) is 5.33. The molecule has 0 aromatic carbocycles. The highest BCUT2D eigenvalue weighted by Gasteiger charge is 2.17. The normalized spacial score (nSPS) is 14.7. The third-order valence-corrected chi connectivity index (χ3v) is 4.02. The fraction of sp³-hybridized carbons (Fsp3) is 0.545. The number of amides is 1. The molecule has 0 saturated heterocycles. The Kier molecular flexibility index (Phi) is 3.90. The lowest BCUT2D eigenvalue weighted by Gasteiger charge is -2.17. The van der Waals surface area contributed by atoms with Crippen LogP contribution >= 0.6 is 11.8 Å². The number of allylic oxidation sites excluding steroid dienone is 2. The molecule has 0 fully saturated rings. The van der Waals surface area contributed by atoms with Crippen LogP contribution < -0.4 is 5.73 Å². The standard InChI is InChI=1S/C11H17N5OS/c1-15(8-5-3-4-6-8)9(17)7-18-11-14-13-10(12)16(11)2/h5H,3-4,6-7H2,1-2H3,(H2,12,13). The van der Waals surface area contributed by atoms with Gasteiger partial charge in [0.15, 0.2) is 5.16 Å². The molecule has 7 heteroatoms. The van der Waals surface area contributed by atoms with Gasteiger partial charge in [-0.3, -0.25) is 9.36 Å². The number of hydrogen-bond acceptors (Lipinski definition) is 5. The van der Waals surface area contributed by atoms with Gasteiger partial charge in [0.25, 0.3) is 0 Å². The summed E-state index contributed by atoms with van der Waals surface area (Å²) in [7, 11) is 3.61. The molecule has 1 heterocycles. The van der Waals surface area contributed by atoms with Crippen molar-refractivity contribution in [2.24, 2.45) is 7.05 Å². The van der Waals surface area contributed by atoms with Gasteiger partial charge in [-0.25, -0.2) is 0 Å². The SMILES string of the molecule is CN(C(=O)CSc1nnc(N)n1C)C1=CCCC1. The van der Waals surface area contributed by atoms with E-state index in [9.17, 15) is 4.79 Å². The molecule has 0 aliphatic heterocycles. The van der Waals surface area contributed by atoms with Crippen LogP contribution in [0.1, 0.15) is 19.3 Å². The van der Waals surface area contributed by atoms with Gasteiger partial charge >= 0.3 is 0 Å². The predicted molar refractivity (Wildman–Crippen MR) is 70.8 cm³/mol. The maximum atomic E-state index is 12.0. The third kappa shape index (κ3) is 2.66. The van der Waals surface area contributed by atoms with Crippen molar-refractivity contribution in [3.63, 3.8) is 0 Å². The summed E-state index contributed by atoms with van der Waals surface area (Å²) >= 11 is 1.35. The first kappa shape index (κ1) is 12.9. The number of hydrogen-bond donors (Lipinski definition) is 1. The second-order valence-corrected chi connectivity index (χ2v) is 5.17. The fourth-order valence-corrected chi connectivity index (χ4v) is 2.63. The minimum Gasteiger partial charge on any atom is -0.368 e. The third-order valence-electron chi connectivity index (χ3n) is 3.02. The van der Waals surface area contributed by atoms with Gasteiger partial charge in [-0.05, 0) is 19.3 Å². The molecule has 1 aromatic rings. The van der Waals surface area contributed by atoms with Crippen molar-refractivity contribution in [3.8, 4) is 0 Å². The van der Waals surface area contributed by atoms with Crippen molar-refractivity contribution in [1.29, 1.82) is 0 Å². The van der Waals surface area contributed by atoms with E-state index in [1.54, 1.807) is 16.5 Å². The first-order valence-corrected chi connectivity index (χ1v) is 6.81. The number of thioether (sulfide) groups is 1. The average Bonchev–Trinajstić information content (AvgIpc) is 2.99. The summed E-state index contributed by atoms with van der Waals surface area (Å²) in [5.41, 5.74) is 6.70. The van der Waals surface area contributed by atoms with Gasteiger partial charge in [0.05, 0.1) is 5.75 Å². The van der Waals surface area contributed by atoms with Crippen LogP contribution in [0.3, 0.4) is 0 Å². The predicted octanol–water partition coefficient (Wildman–Crippen LogP) is 1.02. The number of rotatable bonds is 4. The Balaban J connectivity index is 1.90. The molecular weight excluding hydrogens is 250 g/mol. The van der Waals surface area contributed by atoms with Gasteiger partial charge in [-0.15, -0.1) is 10.2 Å². The lowest BCUT2D eigenvalue weighted by atomic mass is 10.3. The van der Waals surface area contributed by atoms with E-state index in [4.69, 9.17) is 5.73 Å². The van der Waals surface area contributed by atoms with Crippen molar-refractivity contribution >= 4 is 23.6 Å². The van der Waals surface area contributed by atoms with E-state index < -0.39 is 0 Å². The van der Waals surface area contributed by atoms with Crippen LogP contribution in [-0.2, 0) is 11.8 Å². The smallest absolute Gasteiger partial charge is 0.236 e. The molecule has 1 aliphatic rings. The van der Waals surface area contributed by atoms with Crippen molar-refractivity contribution in [3.05, 3.63) is 11.8 Å². The maximum absolute atomic E-state index is 12.0. The molecule has 98 valence electrons. The van der Waals surface area contributed by atoms with Gasteiger partial charge < -0.3 is 10.6 Å². The van der Waals surface area contributed by atoms with Crippen LogP contribution in [0.15, 0.2) is 16.9 Å². The number of nitrogens with two attached hydrogens (primary N) is 1. The van der Waals surface area contributed by atoms with Crippen molar-refractivity contribution in [2.45, 2.75) is 24.4 Å². The van der Waals surface area contributed by atoms with Crippen LogP contribution in [0.25, 0.3) is 0 Å². The van der Waals surface area contributed by atoms with Crippen LogP contribution in [-0.4, -0.2) is 38.4 Å². The number of carbonyl (C=O) groups excluding carboxylic acids is 1. The minimum absolute atomic E-state index is 0.0784. The molecule has 2 rings (SSSR count). The van der Waals surface area contributed by atoms with Gasteiger partial charge in [0.1, 0.15) is 0 Å². The Morgan fingerprint density at radius 2 is 2.39 bits per heavy atom. The summed E-state index contributed by atoms with van der Waals surface area (Å²) in [6.45, 7) is 0. The first-order valence-electron chi connectivity index (χ1n) is 5.83. The zero-order chi connectivity index (χ0) is 13.1. The minimum atomic E-state index is 0.0784. The molecule has 0 atom stereocenters. The molecule has 1 amide bonds. The van der Waals surface area contributed by atoms with E-state index in [0.717, 1.165) is 25.0 Å². The van der Waals surface area contributed by atoms with E-state index in [1.165, 1.54) is 11.8 Å². The Morgan fingerprint density at radius 1 is 1.61 bits per heavy atom. The molecule has 0 unspecified atom stereocenters. The van der Waals surface area contributed by atoms with Gasteiger partial charge in [0, 0.05) is 19.8 Å². The number of nitrogens with zero attached hydrogens (tertiary/aromatic N) is 4. The van der Waals surface area contributed by atoms with Crippen LogP contribution in [0.4, 0.5) is 5.95 Å². The monoisotopic (exact) mass is 267 g/mol. The number of anilines is 1. The molecule has 6 nitrogen and oxygen atoms in total. The second-order valence-electron chi connectivity index (χ2n) is 4.23. The molecule has 1 aliphatic carbocycles. The first-order chi connectivity index (χ1) is 8.59. The van der Waals surface area contributed by atoms with Crippen molar-refractivity contribution in [2.75, 3.05) is 18.5 Å².